The van der Waals surface area contributed by atoms with Gasteiger partial charge < -0.3 is 20.6 Å². The number of nitrogens with zero attached hydrogens (tertiary/aromatic N) is 3. The minimum atomic E-state index is -0.0724. The van der Waals surface area contributed by atoms with Crippen molar-refractivity contribution in [3.05, 3.63) is 54.4 Å². The van der Waals surface area contributed by atoms with E-state index in [1.807, 2.05) is 12.1 Å². The minimum absolute atomic E-state index is 0.0724. The molecule has 130 valence electrons. The van der Waals surface area contributed by atoms with Gasteiger partial charge in [-0.2, -0.15) is 0 Å². The van der Waals surface area contributed by atoms with E-state index < -0.39 is 0 Å². The second-order valence-electron chi connectivity index (χ2n) is 5.70. The monoisotopic (exact) mass is 339 g/mol. The first-order valence-corrected chi connectivity index (χ1v) is 8.24. The molecule has 3 rings (SSSR count). The molecule has 2 amide bonds. The van der Waals surface area contributed by atoms with Gasteiger partial charge in [0.15, 0.2) is 0 Å². The highest BCUT2D eigenvalue weighted by molar-refractivity contribution is 5.76. The molecule has 7 nitrogen and oxygen atoms in total. The van der Waals surface area contributed by atoms with Crippen LogP contribution in [0.3, 0.4) is 0 Å². The second-order valence-corrected chi connectivity index (χ2v) is 5.70. The van der Waals surface area contributed by atoms with E-state index in [2.05, 4.69) is 26.7 Å². The maximum atomic E-state index is 12.2. The fourth-order valence-electron chi connectivity index (χ4n) is 2.64. The molecular formula is C18H21N5O2. The summed E-state index contributed by atoms with van der Waals surface area (Å²) in [7, 11) is 0. The molecule has 0 atom stereocenters. The van der Waals surface area contributed by atoms with Crippen molar-refractivity contribution < 1.29 is 9.90 Å². The van der Waals surface area contributed by atoms with Crippen LogP contribution in [0.5, 0.6) is 5.75 Å². The van der Waals surface area contributed by atoms with Crippen LogP contribution in [0, 0.1) is 0 Å². The van der Waals surface area contributed by atoms with Gasteiger partial charge in [0.05, 0.1) is 0 Å². The van der Waals surface area contributed by atoms with E-state index in [1.165, 1.54) is 5.57 Å². The zero-order valence-corrected chi connectivity index (χ0v) is 13.9. The molecule has 0 saturated heterocycles. The van der Waals surface area contributed by atoms with Gasteiger partial charge in [0.1, 0.15) is 5.75 Å². The van der Waals surface area contributed by atoms with Crippen LogP contribution >= 0.6 is 0 Å². The Morgan fingerprint density at radius 2 is 1.92 bits per heavy atom. The molecule has 1 aliphatic rings. The molecule has 2 aromatic rings. The maximum Gasteiger partial charge on any atom is 0.317 e. The molecule has 0 radical (unpaired) electrons. The van der Waals surface area contributed by atoms with Crippen LogP contribution in [-0.2, 0) is 0 Å². The van der Waals surface area contributed by atoms with Gasteiger partial charge in [-0.1, -0.05) is 18.2 Å². The Kier molecular flexibility index (Phi) is 5.46. The molecule has 0 unspecified atom stereocenters. The summed E-state index contributed by atoms with van der Waals surface area (Å²) >= 11 is 0. The number of nitrogens with one attached hydrogen (secondary N) is 2. The normalized spacial score (nSPS) is 13.9. The second kappa shape index (κ2) is 8.14. The lowest BCUT2D eigenvalue weighted by atomic mass is 9.99. The van der Waals surface area contributed by atoms with Gasteiger partial charge in [0.2, 0.25) is 5.95 Å². The zero-order valence-electron chi connectivity index (χ0n) is 13.9. The number of aromatic hydroxyl groups is 1. The summed E-state index contributed by atoms with van der Waals surface area (Å²) in [5.74, 6) is 0.812. The van der Waals surface area contributed by atoms with E-state index >= 15 is 0 Å². The highest BCUT2D eigenvalue weighted by Gasteiger charge is 2.17. The zero-order chi connectivity index (χ0) is 17.5. The molecule has 25 heavy (non-hydrogen) atoms. The lowest BCUT2D eigenvalue weighted by Crippen LogP contribution is -2.43. The van der Waals surface area contributed by atoms with Crippen molar-refractivity contribution in [3.8, 4) is 5.75 Å². The van der Waals surface area contributed by atoms with Gasteiger partial charge in [0.25, 0.3) is 0 Å². The SMILES string of the molecule is O=C(NCCNc1ncccn1)N1CC=C(c2ccc(O)cc2)CC1. The molecule has 0 aliphatic carbocycles. The quantitative estimate of drug-likeness (QED) is 0.726. The molecule has 0 saturated carbocycles. The van der Waals surface area contributed by atoms with Crippen LogP contribution in [0.2, 0.25) is 0 Å². The van der Waals surface area contributed by atoms with E-state index in [4.69, 9.17) is 0 Å². The molecule has 0 fully saturated rings. The van der Waals surface area contributed by atoms with Crippen LogP contribution in [0.1, 0.15) is 12.0 Å². The predicted molar refractivity (Wildman–Crippen MR) is 96.2 cm³/mol. The van der Waals surface area contributed by atoms with Crippen molar-refractivity contribution in [2.24, 2.45) is 0 Å². The van der Waals surface area contributed by atoms with E-state index in [9.17, 15) is 9.90 Å². The van der Waals surface area contributed by atoms with Crippen molar-refractivity contribution in [1.82, 2.24) is 20.2 Å². The molecule has 2 heterocycles. The van der Waals surface area contributed by atoms with Crippen molar-refractivity contribution in [3.63, 3.8) is 0 Å². The number of aromatic nitrogens is 2. The Hall–Kier alpha value is -3.09. The van der Waals surface area contributed by atoms with Gasteiger partial charge in [-0.25, -0.2) is 14.8 Å². The van der Waals surface area contributed by atoms with Crippen molar-refractivity contribution in [2.75, 3.05) is 31.5 Å². The van der Waals surface area contributed by atoms with Crippen molar-refractivity contribution >= 4 is 17.6 Å². The van der Waals surface area contributed by atoms with E-state index in [0.717, 1.165) is 12.0 Å². The minimum Gasteiger partial charge on any atom is -0.508 e. The summed E-state index contributed by atoms with van der Waals surface area (Å²) < 4.78 is 0. The molecule has 1 aromatic heterocycles. The molecule has 0 spiro atoms. The summed E-state index contributed by atoms with van der Waals surface area (Å²) in [6.07, 6.45) is 6.19. The van der Waals surface area contributed by atoms with E-state index in [0.29, 0.717) is 32.1 Å². The molecule has 0 bridgehead atoms. The van der Waals surface area contributed by atoms with Gasteiger partial charge in [-0.3, -0.25) is 0 Å². The van der Waals surface area contributed by atoms with Crippen LogP contribution in [0.25, 0.3) is 5.57 Å². The summed E-state index contributed by atoms with van der Waals surface area (Å²) in [4.78, 5) is 22.1. The Morgan fingerprint density at radius 3 is 2.60 bits per heavy atom. The Bertz CT molecular complexity index is 731. The lowest BCUT2D eigenvalue weighted by molar-refractivity contribution is 0.203. The predicted octanol–water partition coefficient (Wildman–Crippen LogP) is 2.09. The van der Waals surface area contributed by atoms with Gasteiger partial charge in [0, 0.05) is 38.6 Å². The smallest absolute Gasteiger partial charge is 0.317 e. The van der Waals surface area contributed by atoms with Gasteiger partial charge in [-0.05, 0) is 35.8 Å². The van der Waals surface area contributed by atoms with Crippen LogP contribution in [0.15, 0.2) is 48.8 Å². The fraction of sp³-hybridized carbons (Fsp3) is 0.278. The third-order valence-corrected chi connectivity index (χ3v) is 3.98. The van der Waals surface area contributed by atoms with Crippen LogP contribution in [0.4, 0.5) is 10.7 Å². The Morgan fingerprint density at radius 1 is 1.16 bits per heavy atom. The fourth-order valence-corrected chi connectivity index (χ4v) is 2.64. The topological polar surface area (TPSA) is 90.4 Å². The third-order valence-electron chi connectivity index (χ3n) is 3.98. The number of amides is 2. The van der Waals surface area contributed by atoms with Crippen molar-refractivity contribution in [2.45, 2.75) is 6.42 Å². The summed E-state index contributed by atoms with van der Waals surface area (Å²) in [6, 6.07) is 8.83. The number of anilines is 1. The largest absolute Gasteiger partial charge is 0.508 e. The maximum absolute atomic E-state index is 12.2. The number of carbonyl (C=O) groups excluding carboxylic acids is 1. The first-order chi connectivity index (χ1) is 12.2. The third kappa shape index (κ3) is 4.69. The highest BCUT2D eigenvalue weighted by atomic mass is 16.3. The van der Waals surface area contributed by atoms with E-state index in [-0.39, 0.29) is 11.8 Å². The van der Waals surface area contributed by atoms with Gasteiger partial charge in [-0.15, -0.1) is 0 Å². The average Bonchev–Trinajstić information content (AvgIpc) is 2.67. The number of urea groups is 1. The summed E-state index contributed by atoms with van der Waals surface area (Å²) in [5.41, 5.74) is 2.29. The molecular weight excluding hydrogens is 318 g/mol. The number of benzene rings is 1. The number of hydrogen-bond donors (Lipinski definition) is 3. The molecule has 7 heteroatoms. The number of carbonyl (C=O) groups is 1. The molecule has 1 aromatic carbocycles. The lowest BCUT2D eigenvalue weighted by Gasteiger charge is -2.27. The number of rotatable bonds is 5. The first-order valence-electron chi connectivity index (χ1n) is 8.24. The Labute approximate surface area is 146 Å². The van der Waals surface area contributed by atoms with Gasteiger partial charge >= 0.3 is 6.03 Å². The number of phenolic OH excluding ortho intramolecular Hbond substituents is 1. The van der Waals surface area contributed by atoms with E-state index in [1.54, 1.807) is 35.5 Å². The average molecular weight is 339 g/mol. The number of phenols is 1. The molecule has 1 aliphatic heterocycles. The first kappa shape index (κ1) is 16.8. The highest BCUT2D eigenvalue weighted by Crippen LogP contribution is 2.23. The standard InChI is InChI=1S/C18H21N5O2/c24-16-4-2-14(3-5-16)15-6-12-23(13-7-15)18(25)22-11-10-21-17-19-8-1-9-20-17/h1-6,8-9,24H,7,10-13H2,(H,22,25)(H,19,20,21). The van der Waals surface area contributed by atoms with Crippen LogP contribution in [-0.4, -0.2) is 52.2 Å². The Balaban J connectivity index is 1.42. The van der Waals surface area contributed by atoms with Crippen LogP contribution < -0.4 is 10.6 Å². The molecule has 3 N–H and O–H groups in total. The summed E-state index contributed by atoms with van der Waals surface area (Å²) in [5, 5.41) is 15.3. The summed E-state index contributed by atoms with van der Waals surface area (Å²) in [6.45, 7) is 2.32. The number of hydrogen-bond acceptors (Lipinski definition) is 5. The van der Waals surface area contributed by atoms with Crippen molar-refractivity contribution in [1.29, 1.82) is 0 Å².